The van der Waals surface area contributed by atoms with Gasteiger partial charge in [-0.15, -0.1) is 0 Å². The fourth-order valence-corrected chi connectivity index (χ4v) is 2.81. The van der Waals surface area contributed by atoms with Gasteiger partial charge in [-0.05, 0) is 32.1 Å². The molecule has 31 heavy (non-hydrogen) atoms. The molecule has 3 rings (SSSR count). The molecule has 3 amide bonds. The zero-order valence-electron chi connectivity index (χ0n) is 17.1. The Morgan fingerprint density at radius 2 is 1.77 bits per heavy atom. The predicted molar refractivity (Wildman–Crippen MR) is 116 cm³/mol. The number of rotatable bonds is 6. The highest BCUT2D eigenvalue weighted by Gasteiger charge is 2.18. The number of nitrogens with one attached hydrogen (secondary N) is 1. The van der Waals surface area contributed by atoms with Gasteiger partial charge in [0.2, 0.25) is 0 Å². The van der Waals surface area contributed by atoms with E-state index in [4.69, 9.17) is 10.5 Å². The quantitative estimate of drug-likeness (QED) is 0.472. The van der Waals surface area contributed by atoms with Gasteiger partial charge in [-0.1, -0.05) is 48.0 Å². The first-order chi connectivity index (χ1) is 14.8. The van der Waals surface area contributed by atoms with Crippen LogP contribution in [0.4, 0.5) is 4.79 Å². The molecule has 0 saturated carbocycles. The van der Waals surface area contributed by atoms with E-state index in [2.05, 4.69) is 5.10 Å². The molecule has 1 heterocycles. The molecule has 0 bridgehead atoms. The summed E-state index contributed by atoms with van der Waals surface area (Å²) in [7, 11) is 0. The summed E-state index contributed by atoms with van der Waals surface area (Å²) in [5.41, 5.74) is 9.16. The molecule has 0 aliphatic rings. The van der Waals surface area contributed by atoms with Crippen molar-refractivity contribution in [3.63, 3.8) is 0 Å². The maximum atomic E-state index is 12.2. The molecule has 8 nitrogen and oxygen atoms in total. The number of urea groups is 1. The van der Waals surface area contributed by atoms with Crippen molar-refractivity contribution in [1.29, 1.82) is 0 Å². The van der Waals surface area contributed by atoms with Crippen LogP contribution in [0.15, 0.2) is 66.9 Å². The molecule has 0 radical (unpaired) electrons. The third-order valence-electron chi connectivity index (χ3n) is 4.40. The van der Waals surface area contributed by atoms with E-state index < -0.39 is 24.0 Å². The van der Waals surface area contributed by atoms with Gasteiger partial charge in [0.1, 0.15) is 0 Å². The van der Waals surface area contributed by atoms with Gasteiger partial charge in [-0.25, -0.2) is 14.3 Å². The number of aromatic nitrogens is 2. The smallest absolute Gasteiger partial charge is 0.331 e. The number of imide groups is 1. The molecule has 0 saturated heterocycles. The van der Waals surface area contributed by atoms with Crippen molar-refractivity contribution in [3.8, 4) is 16.9 Å². The summed E-state index contributed by atoms with van der Waals surface area (Å²) < 4.78 is 6.74. The molecule has 0 fully saturated rings. The van der Waals surface area contributed by atoms with Crippen LogP contribution in [0.1, 0.15) is 18.1 Å². The summed E-state index contributed by atoms with van der Waals surface area (Å²) in [6, 6.07) is 16.5. The minimum Gasteiger partial charge on any atom is -0.449 e. The van der Waals surface area contributed by atoms with E-state index in [1.807, 2.05) is 66.8 Å². The van der Waals surface area contributed by atoms with E-state index >= 15 is 0 Å². The van der Waals surface area contributed by atoms with Crippen LogP contribution in [-0.4, -0.2) is 33.8 Å². The predicted octanol–water partition coefficient (Wildman–Crippen LogP) is 2.99. The largest absolute Gasteiger partial charge is 0.449 e. The molecule has 0 spiro atoms. The molecule has 0 aliphatic heterocycles. The van der Waals surface area contributed by atoms with Crippen LogP contribution in [0.2, 0.25) is 0 Å². The Hall–Kier alpha value is -4.20. The van der Waals surface area contributed by atoms with Crippen LogP contribution in [0.5, 0.6) is 0 Å². The topological polar surface area (TPSA) is 116 Å². The number of ether oxygens (including phenoxy) is 1. The molecule has 1 aromatic heterocycles. The van der Waals surface area contributed by atoms with Gasteiger partial charge < -0.3 is 10.5 Å². The van der Waals surface area contributed by atoms with Crippen LogP contribution >= 0.6 is 0 Å². The fraction of sp³-hybridized carbons (Fsp3) is 0.130. The third kappa shape index (κ3) is 5.66. The van der Waals surface area contributed by atoms with Gasteiger partial charge in [0.15, 0.2) is 6.10 Å². The Kier molecular flexibility index (Phi) is 6.61. The molecule has 158 valence electrons. The molecule has 2 aromatic carbocycles. The second-order valence-electron chi connectivity index (χ2n) is 6.85. The van der Waals surface area contributed by atoms with Crippen LogP contribution in [0.25, 0.3) is 23.0 Å². The molecule has 0 aliphatic carbocycles. The Morgan fingerprint density at radius 1 is 1.10 bits per heavy atom. The lowest BCUT2D eigenvalue weighted by Crippen LogP contribution is -2.42. The second-order valence-corrected chi connectivity index (χ2v) is 6.85. The summed E-state index contributed by atoms with van der Waals surface area (Å²) >= 11 is 0. The summed E-state index contributed by atoms with van der Waals surface area (Å²) in [6.45, 7) is 3.34. The van der Waals surface area contributed by atoms with E-state index in [1.54, 1.807) is 17.0 Å². The number of aryl methyl sites for hydroxylation is 1. The number of esters is 1. The number of primary amides is 1. The van der Waals surface area contributed by atoms with Crippen LogP contribution < -0.4 is 11.1 Å². The van der Waals surface area contributed by atoms with Gasteiger partial charge in [-0.2, -0.15) is 5.10 Å². The van der Waals surface area contributed by atoms with E-state index in [-0.39, 0.29) is 0 Å². The second kappa shape index (κ2) is 9.53. The fourth-order valence-electron chi connectivity index (χ4n) is 2.81. The van der Waals surface area contributed by atoms with E-state index in [0.29, 0.717) is 11.3 Å². The number of nitrogens with two attached hydrogens (primary N) is 1. The Balaban J connectivity index is 1.86. The van der Waals surface area contributed by atoms with Crippen molar-refractivity contribution in [2.75, 3.05) is 0 Å². The molecule has 3 N–H and O–H groups in total. The lowest BCUT2D eigenvalue weighted by atomic mass is 10.1. The van der Waals surface area contributed by atoms with Crippen molar-refractivity contribution in [2.45, 2.75) is 20.0 Å². The highest BCUT2D eigenvalue weighted by Crippen LogP contribution is 2.25. The first kappa shape index (κ1) is 21.5. The van der Waals surface area contributed by atoms with Gasteiger partial charge in [0.05, 0.1) is 11.4 Å². The number of carbonyl (C=O) groups excluding carboxylic acids is 3. The minimum atomic E-state index is -1.17. The lowest BCUT2D eigenvalue weighted by Gasteiger charge is -2.10. The van der Waals surface area contributed by atoms with E-state index in [1.165, 1.54) is 13.0 Å². The number of benzene rings is 2. The molecule has 8 heteroatoms. The van der Waals surface area contributed by atoms with Crippen LogP contribution in [0.3, 0.4) is 0 Å². The first-order valence-corrected chi connectivity index (χ1v) is 9.54. The normalized spacial score (nSPS) is 11.8. The number of hydrogen-bond acceptors (Lipinski definition) is 5. The summed E-state index contributed by atoms with van der Waals surface area (Å²) in [5.74, 6) is -1.54. The van der Waals surface area contributed by atoms with E-state index in [9.17, 15) is 14.4 Å². The Bertz CT molecular complexity index is 1120. The molecular weight excluding hydrogens is 396 g/mol. The van der Waals surface area contributed by atoms with Crippen molar-refractivity contribution in [3.05, 3.63) is 78.0 Å². The molecular formula is C23H22N4O4. The number of nitrogens with zero attached hydrogens (tertiary/aromatic N) is 2. The number of amides is 3. The van der Waals surface area contributed by atoms with Crippen molar-refractivity contribution < 1.29 is 19.1 Å². The van der Waals surface area contributed by atoms with Gasteiger partial charge >= 0.3 is 12.0 Å². The summed E-state index contributed by atoms with van der Waals surface area (Å²) in [5, 5.41) is 6.54. The SMILES string of the molecule is Cc1ccc(-c2nn(-c3ccccc3)cc2/C=C/C(=O)O[C@H](C)C(=O)NC(N)=O)cc1. The molecule has 1 atom stereocenters. The average molecular weight is 418 g/mol. The highest BCUT2D eigenvalue weighted by molar-refractivity contribution is 5.97. The molecule has 3 aromatic rings. The average Bonchev–Trinajstić information content (AvgIpc) is 3.17. The van der Waals surface area contributed by atoms with Crippen LogP contribution in [-0.2, 0) is 14.3 Å². The standard InChI is InChI=1S/C23H22N4O4/c1-15-8-10-17(11-9-15)21-18(14-27(26-21)19-6-4-3-5-7-19)12-13-20(28)31-16(2)22(29)25-23(24)30/h3-14,16H,1-2H3,(H3,24,25,29,30)/b13-12+/t16-/m1/s1. The Labute approximate surface area is 179 Å². The van der Waals surface area contributed by atoms with E-state index in [0.717, 1.165) is 16.8 Å². The van der Waals surface area contributed by atoms with Gasteiger partial charge in [0, 0.05) is 23.4 Å². The summed E-state index contributed by atoms with van der Waals surface area (Å²) in [4.78, 5) is 34.6. The molecule has 0 unspecified atom stereocenters. The number of hydrogen-bond donors (Lipinski definition) is 2. The zero-order chi connectivity index (χ0) is 22.4. The minimum absolute atomic E-state index is 0.687. The highest BCUT2D eigenvalue weighted by atomic mass is 16.5. The third-order valence-corrected chi connectivity index (χ3v) is 4.40. The maximum absolute atomic E-state index is 12.2. The first-order valence-electron chi connectivity index (χ1n) is 9.54. The van der Waals surface area contributed by atoms with Crippen molar-refractivity contribution in [1.82, 2.24) is 15.1 Å². The van der Waals surface area contributed by atoms with Crippen molar-refractivity contribution in [2.24, 2.45) is 5.73 Å². The zero-order valence-corrected chi connectivity index (χ0v) is 17.1. The Morgan fingerprint density at radius 3 is 2.42 bits per heavy atom. The van der Waals surface area contributed by atoms with Gasteiger partial charge in [0.25, 0.3) is 5.91 Å². The lowest BCUT2D eigenvalue weighted by molar-refractivity contribution is -0.149. The number of carbonyl (C=O) groups is 3. The number of para-hydroxylation sites is 1. The van der Waals surface area contributed by atoms with Gasteiger partial charge in [-0.3, -0.25) is 10.1 Å². The monoisotopic (exact) mass is 418 g/mol. The summed E-state index contributed by atoms with van der Waals surface area (Å²) in [6.07, 6.45) is 3.41. The maximum Gasteiger partial charge on any atom is 0.331 e. The van der Waals surface area contributed by atoms with Crippen LogP contribution in [0, 0.1) is 6.92 Å². The van der Waals surface area contributed by atoms with Crippen molar-refractivity contribution >= 4 is 24.0 Å².